The number of aliphatic hydroxyl groups is 1. The zero-order chi connectivity index (χ0) is 31.7. The number of methoxy groups -OCH3 is 1. The summed E-state index contributed by atoms with van der Waals surface area (Å²) < 4.78 is 41.2. The molecule has 0 spiro atoms. The Labute approximate surface area is 257 Å². The predicted octanol–water partition coefficient (Wildman–Crippen LogP) is 4.22. The summed E-state index contributed by atoms with van der Waals surface area (Å²) in [6.45, 7) is 1.47. The summed E-state index contributed by atoms with van der Waals surface area (Å²) in [5, 5.41) is 20.1. The van der Waals surface area contributed by atoms with Gasteiger partial charge in [-0.05, 0) is 68.1 Å². The third-order valence-electron chi connectivity index (χ3n) is 9.61. The number of pyridine rings is 1. The number of ether oxygens (including phenoxy) is 2. The van der Waals surface area contributed by atoms with Crippen LogP contribution in [-0.4, -0.2) is 51.9 Å². The molecule has 2 atom stereocenters. The zero-order valence-corrected chi connectivity index (χ0v) is 24.9. The molecule has 1 unspecified atom stereocenters. The Kier molecular flexibility index (Phi) is 6.63. The number of carbonyl (C=O) groups excluding carboxylic acids is 2. The number of rotatable bonds is 9. The van der Waals surface area contributed by atoms with Gasteiger partial charge >= 0.3 is 0 Å². The molecule has 3 aliphatic rings. The minimum Gasteiger partial charge on any atom is -0.494 e. The fourth-order valence-electron chi connectivity index (χ4n) is 6.19. The molecule has 7 rings (SSSR count). The molecule has 0 radical (unpaired) electrons. The first-order valence-electron chi connectivity index (χ1n) is 15.0. The van der Waals surface area contributed by atoms with Crippen molar-refractivity contribution in [2.24, 2.45) is 11.7 Å². The first kappa shape index (κ1) is 29.1. The number of nitrogens with zero attached hydrogens (tertiary/aromatic N) is 3. The molecule has 2 amide bonds. The molecule has 4 aromatic rings. The number of primary amides is 1. The van der Waals surface area contributed by atoms with Gasteiger partial charge in [-0.25, -0.2) is 18.4 Å². The maximum absolute atomic E-state index is 14.7. The van der Waals surface area contributed by atoms with Crippen LogP contribution < -0.4 is 20.5 Å². The highest BCUT2D eigenvalue weighted by molar-refractivity contribution is 6.00. The quantitative estimate of drug-likeness (QED) is 0.255. The summed E-state index contributed by atoms with van der Waals surface area (Å²) in [5.41, 5.74) is 5.29. The number of aromatic nitrogens is 3. The number of hydrogen-bond donors (Lipinski definition) is 3. The molecule has 1 aliphatic heterocycles. The summed E-state index contributed by atoms with van der Waals surface area (Å²) in [6, 6.07) is 10.5. The van der Waals surface area contributed by atoms with E-state index in [9.17, 15) is 23.5 Å². The molecular weight excluding hydrogens is 584 g/mol. The van der Waals surface area contributed by atoms with Crippen molar-refractivity contribution < 1.29 is 33.0 Å². The molecule has 2 aliphatic carbocycles. The van der Waals surface area contributed by atoms with E-state index >= 15 is 0 Å². The number of carbonyl (C=O) groups is 2. The van der Waals surface area contributed by atoms with Gasteiger partial charge in [-0.15, -0.1) is 0 Å². The van der Waals surface area contributed by atoms with Crippen molar-refractivity contribution in [2.45, 2.75) is 55.8 Å². The largest absolute Gasteiger partial charge is 0.494 e. The number of hydrogen-bond acceptors (Lipinski definition) is 7. The van der Waals surface area contributed by atoms with Gasteiger partial charge in [-0.2, -0.15) is 5.10 Å². The van der Waals surface area contributed by atoms with E-state index in [1.54, 1.807) is 37.4 Å². The molecule has 2 aromatic carbocycles. The maximum Gasteiger partial charge on any atom is 0.251 e. The lowest BCUT2D eigenvalue weighted by Gasteiger charge is -2.41. The number of fused-ring (bicyclic) bond motifs is 2. The van der Waals surface area contributed by atoms with Crippen molar-refractivity contribution in [3.8, 4) is 22.8 Å². The van der Waals surface area contributed by atoms with Crippen LogP contribution >= 0.6 is 0 Å². The second-order valence-electron chi connectivity index (χ2n) is 12.6. The number of benzene rings is 2. The van der Waals surface area contributed by atoms with E-state index in [0.29, 0.717) is 64.9 Å². The molecular formula is C33H33F2N5O5. The van der Waals surface area contributed by atoms with Crippen LogP contribution in [0, 0.1) is 11.7 Å². The molecule has 234 valence electrons. The second kappa shape index (κ2) is 10.2. The number of amides is 2. The average molecular weight is 618 g/mol. The zero-order valence-electron chi connectivity index (χ0n) is 24.9. The van der Waals surface area contributed by atoms with E-state index in [0.717, 1.165) is 6.42 Å². The maximum atomic E-state index is 14.7. The van der Waals surface area contributed by atoms with E-state index in [1.165, 1.54) is 30.0 Å². The van der Waals surface area contributed by atoms with Crippen LogP contribution in [0.5, 0.6) is 11.5 Å². The molecule has 4 N–H and O–H groups in total. The highest BCUT2D eigenvalue weighted by Crippen LogP contribution is 2.49. The molecule has 2 fully saturated rings. The number of alkyl halides is 1. The van der Waals surface area contributed by atoms with Gasteiger partial charge in [0.2, 0.25) is 11.7 Å². The van der Waals surface area contributed by atoms with Crippen LogP contribution in [0.4, 0.5) is 8.78 Å². The lowest BCUT2D eigenvalue weighted by molar-refractivity contribution is -0.123. The highest BCUT2D eigenvalue weighted by Gasteiger charge is 2.49. The Balaban J connectivity index is 1.26. The molecule has 2 saturated carbocycles. The van der Waals surface area contributed by atoms with Crippen LogP contribution in [0.3, 0.4) is 0 Å². The van der Waals surface area contributed by atoms with Gasteiger partial charge < -0.3 is 25.6 Å². The fourth-order valence-corrected chi connectivity index (χ4v) is 6.19. The van der Waals surface area contributed by atoms with Crippen LogP contribution in [0.2, 0.25) is 0 Å². The van der Waals surface area contributed by atoms with Crippen molar-refractivity contribution in [1.82, 2.24) is 20.1 Å². The van der Waals surface area contributed by atoms with Crippen LogP contribution in [0.15, 0.2) is 48.7 Å². The normalized spacial score (nSPS) is 21.4. The summed E-state index contributed by atoms with van der Waals surface area (Å²) >= 11 is 0. The summed E-state index contributed by atoms with van der Waals surface area (Å²) in [6.07, 6.45) is 4.61. The molecule has 3 heterocycles. The van der Waals surface area contributed by atoms with Gasteiger partial charge in [-0.3, -0.25) is 9.59 Å². The molecule has 10 nitrogen and oxygen atoms in total. The van der Waals surface area contributed by atoms with Crippen LogP contribution in [0.1, 0.15) is 60.6 Å². The van der Waals surface area contributed by atoms with Crippen molar-refractivity contribution in [3.05, 3.63) is 71.3 Å². The van der Waals surface area contributed by atoms with E-state index in [-0.39, 0.29) is 30.3 Å². The van der Waals surface area contributed by atoms with Crippen LogP contribution in [-0.2, 0) is 21.6 Å². The molecule has 45 heavy (non-hydrogen) atoms. The van der Waals surface area contributed by atoms with E-state index in [4.69, 9.17) is 20.2 Å². The third kappa shape index (κ3) is 4.70. The molecule has 0 saturated heterocycles. The van der Waals surface area contributed by atoms with Gasteiger partial charge in [0.25, 0.3) is 5.91 Å². The average Bonchev–Trinajstić information content (AvgIpc) is 3.43. The van der Waals surface area contributed by atoms with Gasteiger partial charge in [0.1, 0.15) is 46.1 Å². The highest BCUT2D eigenvalue weighted by atomic mass is 19.1. The minimum absolute atomic E-state index is 0.0139. The lowest BCUT2D eigenvalue weighted by Crippen LogP contribution is -2.49. The molecule has 12 heteroatoms. The Morgan fingerprint density at radius 2 is 1.96 bits per heavy atom. The van der Waals surface area contributed by atoms with E-state index < -0.39 is 34.4 Å². The Hall–Kier alpha value is -4.58. The van der Waals surface area contributed by atoms with Crippen molar-refractivity contribution >= 4 is 22.7 Å². The number of nitrogens with one attached hydrogen (secondary N) is 1. The van der Waals surface area contributed by atoms with Crippen molar-refractivity contribution in [3.63, 3.8) is 0 Å². The van der Waals surface area contributed by atoms with Gasteiger partial charge in [0.15, 0.2) is 0 Å². The van der Waals surface area contributed by atoms with Crippen molar-refractivity contribution in [1.29, 1.82) is 0 Å². The van der Waals surface area contributed by atoms with E-state index in [1.807, 2.05) is 0 Å². The summed E-state index contributed by atoms with van der Waals surface area (Å²) in [7, 11) is 1.45. The first-order chi connectivity index (χ1) is 21.4. The number of nitrogens with two attached hydrogens (primary N) is 1. The monoisotopic (exact) mass is 617 g/mol. The van der Waals surface area contributed by atoms with Gasteiger partial charge in [0, 0.05) is 41.1 Å². The summed E-state index contributed by atoms with van der Waals surface area (Å²) in [4.78, 5) is 31.0. The molecule has 0 bridgehead atoms. The SMILES string of the molecule is COc1cc(C(=O)NCC(O)(c2cc3c(c(-c4ccc(F)cc4)n2)OC[C@]3(C)C(N)=O)C2CCC2)cc2cn(C3(F)CC3)nc12. The second-order valence-corrected chi connectivity index (χ2v) is 12.6. The Morgan fingerprint density at radius 3 is 2.58 bits per heavy atom. The van der Waals surface area contributed by atoms with Gasteiger partial charge in [-0.1, -0.05) is 6.42 Å². The first-order valence-corrected chi connectivity index (χ1v) is 15.0. The minimum atomic E-state index is -1.62. The Bertz CT molecular complexity index is 1850. The smallest absolute Gasteiger partial charge is 0.251 e. The predicted molar refractivity (Wildman–Crippen MR) is 160 cm³/mol. The standard InChI is InChI=1S/C33H33F2N5O5/c1-31(30(36)42)17-45-28-23(31)14-25(38-27(28)18-6-8-22(34)9-7-18)33(43,21-4-3-5-21)16-37-29(41)19-12-20-15-40(32(35)10-11-32)39-26(20)24(13-19)44-2/h6-9,12-15,21,43H,3-5,10-11,16-17H2,1-2H3,(H2,36,42)(H,37,41)/t31-,33?/m0/s1. The fraction of sp³-hybridized carbons (Fsp3) is 0.394. The Morgan fingerprint density at radius 1 is 1.22 bits per heavy atom. The van der Waals surface area contributed by atoms with Crippen molar-refractivity contribution in [2.75, 3.05) is 20.3 Å². The van der Waals surface area contributed by atoms with Gasteiger partial charge in [0.05, 0.1) is 19.3 Å². The van der Waals surface area contributed by atoms with E-state index in [2.05, 4.69) is 10.4 Å². The third-order valence-corrected chi connectivity index (χ3v) is 9.61. The topological polar surface area (TPSA) is 142 Å². The molecule has 2 aromatic heterocycles. The summed E-state index contributed by atoms with van der Waals surface area (Å²) in [5.74, 6) is -2.59. The number of halogens is 2. The van der Waals surface area contributed by atoms with Crippen LogP contribution in [0.25, 0.3) is 22.2 Å². The lowest BCUT2D eigenvalue weighted by atomic mass is 9.70.